The van der Waals surface area contributed by atoms with Crippen LogP contribution in [0.3, 0.4) is 0 Å². The molecule has 6 heteroatoms. The summed E-state index contributed by atoms with van der Waals surface area (Å²) in [4.78, 5) is 2.39. The van der Waals surface area contributed by atoms with Gasteiger partial charge in [-0.2, -0.15) is 4.31 Å². The number of hydrogen-bond acceptors (Lipinski definition) is 4. The van der Waals surface area contributed by atoms with Crippen LogP contribution in [0.1, 0.15) is 40.0 Å². The monoisotopic (exact) mass is 306 g/mol. The Balaban J connectivity index is 2.58. The molecule has 1 aliphatic heterocycles. The van der Waals surface area contributed by atoms with Crippen molar-refractivity contribution in [2.24, 2.45) is 0 Å². The quantitative estimate of drug-likeness (QED) is 0.638. The van der Waals surface area contributed by atoms with E-state index >= 15 is 0 Å². The predicted octanol–water partition coefficient (Wildman–Crippen LogP) is 1.55. The minimum Gasteiger partial charge on any atom is -0.385 e. The van der Waals surface area contributed by atoms with Gasteiger partial charge >= 0.3 is 0 Å². The van der Waals surface area contributed by atoms with Crippen molar-refractivity contribution in [2.45, 2.75) is 52.1 Å². The number of rotatable bonds is 8. The Hall–Kier alpha value is -0.170. The normalized spacial score (nSPS) is 26.0. The summed E-state index contributed by atoms with van der Waals surface area (Å²) >= 11 is 0. The first-order chi connectivity index (χ1) is 9.42. The molecular weight excluding hydrogens is 276 g/mol. The van der Waals surface area contributed by atoms with E-state index in [4.69, 9.17) is 4.74 Å². The molecule has 0 bridgehead atoms. The second kappa shape index (κ2) is 8.32. The minimum atomic E-state index is -3.08. The van der Waals surface area contributed by atoms with Crippen molar-refractivity contribution in [3.05, 3.63) is 0 Å². The van der Waals surface area contributed by atoms with Crippen molar-refractivity contribution in [3.8, 4) is 0 Å². The molecule has 0 aromatic rings. The van der Waals surface area contributed by atoms with Crippen LogP contribution in [-0.4, -0.2) is 68.8 Å². The van der Waals surface area contributed by atoms with Crippen molar-refractivity contribution < 1.29 is 13.2 Å². The summed E-state index contributed by atoms with van der Waals surface area (Å²) in [6.45, 7) is 9.21. The fraction of sp³-hybridized carbons (Fsp3) is 1.00. The van der Waals surface area contributed by atoms with Gasteiger partial charge in [0.05, 0.1) is 5.75 Å². The summed E-state index contributed by atoms with van der Waals surface area (Å²) in [5.41, 5.74) is 0. The molecule has 0 aromatic carbocycles. The smallest absolute Gasteiger partial charge is 0.214 e. The average Bonchev–Trinajstić information content (AvgIpc) is 2.39. The van der Waals surface area contributed by atoms with Gasteiger partial charge in [0.1, 0.15) is 0 Å². The molecule has 0 aliphatic carbocycles. The molecule has 0 aromatic heterocycles. The summed E-state index contributed by atoms with van der Waals surface area (Å²) in [5, 5.41) is 0. The average molecular weight is 306 g/mol. The van der Waals surface area contributed by atoms with Crippen molar-refractivity contribution in [2.75, 3.05) is 39.1 Å². The zero-order valence-corrected chi connectivity index (χ0v) is 14.2. The standard InChI is InChI=1S/C14H30N2O3S/c1-5-6-10-20(17,18)15-11-13(2)16(14(3)12-15)8-7-9-19-4/h13-14H,5-12H2,1-4H3. The number of unbranched alkanes of at least 4 members (excludes halogenated alkanes) is 1. The summed E-state index contributed by atoms with van der Waals surface area (Å²) in [5.74, 6) is 0.284. The van der Waals surface area contributed by atoms with Gasteiger partial charge in [-0.3, -0.25) is 4.90 Å². The molecule has 0 N–H and O–H groups in total. The van der Waals surface area contributed by atoms with E-state index in [2.05, 4.69) is 18.7 Å². The molecule has 0 spiro atoms. The van der Waals surface area contributed by atoms with Crippen LogP contribution in [0.5, 0.6) is 0 Å². The zero-order chi connectivity index (χ0) is 15.2. The molecule has 2 unspecified atom stereocenters. The lowest BCUT2D eigenvalue weighted by Crippen LogP contribution is -2.58. The summed E-state index contributed by atoms with van der Waals surface area (Å²) in [6, 6.07) is 0.541. The molecule has 0 amide bonds. The Morgan fingerprint density at radius 3 is 2.25 bits per heavy atom. The number of hydrogen-bond donors (Lipinski definition) is 0. The number of methoxy groups -OCH3 is 1. The molecule has 5 nitrogen and oxygen atoms in total. The molecule has 0 saturated carbocycles. The Morgan fingerprint density at radius 1 is 1.15 bits per heavy atom. The first-order valence-corrected chi connectivity index (χ1v) is 9.25. The van der Waals surface area contributed by atoms with Crippen molar-refractivity contribution in [1.82, 2.24) is 9.21 Å². The van der Waals surface area contributed by atoms with E-state index in [-0.39, 0.29) is 17.8 Å². The molecular formula is C14H30N2O3S. The van der Waals surface area contributed by atoms with E-state index in [0.717, 1.165) is 32.4 Å². The lowest BCUT2D eigenvalue weighted by Gasteiger charge is -2.43. The van der Waals surface area contributed by atoms with E-state index in [1.54, 1.807) is 11.4 Å². The predicted molar refractivity (Wildman–Crippen MR) is 82.4 cm³/mol. The Morgan fingerprint density at radius 2 is 1.75 bits per heavy atom. The van der Waals surface area contributed by atoms with E-state index in [1.165, 1.54) is 0 Å². The van der Waals surface area contributed by atoms with Gasteiger partial charge in [0, 0.05) is 45.4 Å². The zero-order valence-electron chi connectivity index (χ0n) is 13.3. The van der Waals surface area contributed by atoms with Gasteiger partial charge in [0.25, 0.3) is 0 Å². The third-order valence-corrected chi connectivity index (χ3v) is 5.87. The maximum absolute atomic E-state index is 12.3. The number of ether oxygens (including phenoxy) is 1. The summed E-state index contributed by atoms with van der Waals surface area (Å²) in [6.07, 6.45) is 2.66. The minimum absolute atomic E-state index is 0.270. The molecule has 1 saturated heterocycles. The third-order valence-electron chi connectivity index (χ3n) is 3.98. The molecule has 1 aliphatic rings. The first kappa shape index (κ1) is 17.9. The number of nitrogens with zero attached hydrogens (tertiary/aromatic N) is 2. The number of piperazine rings is 1. The fourth-order valence-electron chi connectivity index (χ4n) is 2.82. The van der Waals surface area contributed by atoms with Crippen LogP contribution in [-0.2, 0) is 14.8 Å². The maximum Gasteiger partial charge on any atom is 0.214 e. The Kier molecular flexibility index (Phi) is 7.43. The van der Waals surface area contributed by atoms with Crippen LogP contribution >= 0.6 is 0 Å². The van der Waals surface area contributed by atoms with E-state index in [0.29, 0.717) is 13.1 Å². The van der Waals surface area contributed by atoms with Crippen LogP contribution in [0, 0.1) is 0 Å². The highest BCUT2D eigenvalue weighted by Gasteiger charge is 2.34. The molecule has 2 atom stereocenters. The van der Waals surface area contributed by atoms with Crippen LogP contribution < -0.4 is 0 Å². The van der Waals surface area contributed by atoms with Gasteiger partial charge in [-0.05, 0) is 26.7 Å². The number of sulfonamides is 1. The molecule has 0 radical (unpaired) electrons. The van der Waals surface area contributed by atoms with Crippen molar-refractivity contribution in [3.63, 3.8) is 0 Å². The lowest BCUT2D eigenvalue weighted by molar-refractivity contribution is 0.0666. The topological polar surface area (TPSA) is 49.9 Å². The lowest BCUT2D eigenvalue weighted by atomic mass is 10.1. The van der Waals surface area contributed by atoms with Gasteiger partial charge in [0.2, 0.25) is 10.0 Å². The molecule has 120 valence electrons. The SMILES string of the molecule is CCCCS(=O)(=O)N1CC(C)N(CCCOC)C(C)C1. The van der Waals surface area contributed by atoms with Gasteiger partial charge in [0.15, 0.2) is 0 Å². The van der Waals surface area contributed by atoms with Crippen LogP contribution in [0.4, 0.5) is 0 Å². The Bertz CT molecular complexity index is 361. The van der Waals surface area contributed by atoms with Gasteiger partial charge in [-0.1, -0.05) is 13.3 Å². The van der Waals surface area contributed by atoms with Crippen molar-refractivity contribution >= 4 is 10.0 Å². The van der Waals surface area contributed by atoms with Gasteiger partial charge < -0.3 is 4.74 Å². The molecule has 1 heterocycles. The summed E-state index contributed by atoms with van der Waals surface area (Å²) in [7, 11) is -1.36. The second-order valence-electron chi connectivity index (χ2n) is 5.77. The fourth-order valence-corrected chi connectivity index (χ4v) is 4.62. The van der Waals surface area contributed by atoms with Crippen LogP contribution in [0.2, 0.25) is 0 Å². The van der Waals surface area contributed by atoms with E-state index in [9.17, 15) is 8.42 Å². The molecule has 1 rings (SSSR count). The van der Waals surface area contributed by atoms with E-state index in [1.807, 2.05) is 6.92 Å². The Labute approximate surface area is 124 Å². The molecule has 1 fully saturated rings. The first-order valence-electron chi connectivity index (χ1n) is 7.64. The highest BCUT2D eigenvalue weighted by molar-refractivity contribution is 7.89. The molecule has 20 heavy (non-hydrogen) atoms. The summed E-state index contributed by atoms with van der Waals surface area (Å²) < 4.78 is 31.4. The van der Waals surface area contributed by atoms with Gasteiger partial charge in [-0.15, -0.1) is 0 Å². The third kappa shape index (κ3) is 4.98. The second-order valence-corrected chi connectivity index (χ2v) is 7.86. The largest absolute Gasteiger partial charge is 0.385 e. The van der Waals surface area contributed by atoms with Crippen molar-refractivity contribution in [1.29, 1.82) is 0 Å². The highest BCUT2D eigenvalue weighted by Crippen LogP contribution is 2.19. The highest BCUT2D eigenvalue weighted by atomic mass is 32.2. The van der Waals surface area contributed by atoms with Gasteiger partial charge in [-0.25, -0.2) is 8.42 Å². The van der Waals surface area contributed by atoms with Crippen LogP contribution in [0.25, 0.3) is 0 Å². The van der Waals surface area contributed by atoms with Crippen LogP contribution in [0.15, 0.2) is 0 Å². The maximum atomic E-state index is 12.3. The van der Waals surface area contributed by atoms with E-state index < -0.39 is 10.0 Å².